The summed E-state index contributed by atoms with van der Waals surface area (Å²) in [5, 5.41) is 8.31. The van der Waals surface area contributed by atoms with Gasteiger partial charge in [-0.15, -0.1) is 0 Å². The average Bonchev–Trinajstić information content (AvgIpc) is 3.14. The second-order valence-corrected chi connectivity index (χ2v) is 4.79. The molecule has 0 aliphatic heterocycles. The maximum Gasteiger partial charge on any atom is 0.341 e. The molecule has 1 saturated carbocycles. The van der Waals surface area contributed by atoms with E-state index >= 15 is 0 Å². The minimum Gasteiger partial charge on any atom is -0.477 e. The highest BCUT2D eigenvalue weighted by atomic mass is 19.2. The van der Waals surface area contributed by atoms with Gasteiger partial charge in [-0.2, -0.15) is 0 Å². The number of hydrogen-bond acceptors (Lipinski definition) is 2. The van der Waals surface area contributed by atoms with Gasteiger partial charge in [0.2, 0.25) is 5.43 Å². The van der Waals surface area contributed by atoms with Gasteiger partial charge in [0.15, 0.2) is 17.5 Å². The summed E-state index contributed by atoms with van der Waals surface area (Å²) in [6.45, 7) is 0. The molecule has 0 amide bonds. The smallest absolute Gasteiger partial charge is 0.341 e. The second-order valence-electron chi connectivity index (χ2n) is 4.79. The lowest BCUT2D eigenvalue weighted by Gasteiger charge is -2.12. The molecule has 0 spiro atoms. The van der Waals surface area contributed by atoms with Crippen LogP contribution < -0.4 is 5.43 Å². The fraction of sp³-hybridized carbons (Fsp3) is 0.231. The number of aromatic nitrogens is 1. The third kappa shape index (κ3) is 1.90. The van der Waals surface area contributed by atoms with Gasteiger partial charge in [0.05, 0.1) is 16.9 Å². The van der Waals surface area contributed by atoms with Crippen LogP contribution in [0.5, 0.6) is 0 Å². The molecule has 8 heteroatoms. The van der Waals surface area contributed by atoms with Crippen molar-refractivity contribution < 1.29 is 27.5 Å². The number of rotatable bonds is 2. The Kier molecular flexibility index (Phi) is 2.79. The van der Waals surface area contributed by atoms with Crippen molar-refractivity contribution in [3.05, 3.63) is 45.5 Å². The van der Waals surface area contributed by atoms with E-state index in [0.717, 1.165) is 10.8 Å². The van der Waals surface area contributed by atoms with Crippen LogP contribution in [0, 0.1) is 17.5 Å². The maximum atomic E-state index is 13.9. The molecule has 0 radical (unpaired) electrons. The zero-order chi connectivity index (χ0) is 15.5. The highest BCUT2D eigenvalue weighted by Gasteiger charge is 2.41. The lowest BCUT2D eigenvalue weighted by atomic mass is 10.1. The molecule has 1 aliphatic rings. The summed E-state index contributed by atoms with van der Waals surface area (Å²) in [7, 11) is 0. The first-order chi connectivity index (χ1) is 9.82. The molecule has 1 aromatic heterocycles. The van der Waals surface area contributed by atoms with E-state index < -0.39 is 57.5 Å². The largest absolute Gasteiger partial charge is 0.477 e. The normalized spacial score (nSPS) is 20.8. The molecule has 1 aliphatic carbocycles. The van der Waals surface area contributed by atoms with Gasteiger partial charge in [0.1, 0.15) is 11.7 Å². The van der Waals surface area contributed by atoms with E-state index in [1.165, 1.54) is 0 Å². The average molecular weight is 301 g/mol. The van der Waals surface area contributed by atoms with Crippen molar-refractivity contribution in [2.24, 2.45) is 0 Å². The highest BCUT2D eigenvalue weighted by Crippen LogP contribution is 2.41. The monoisotopic (exact) mass is 301 g/mol. The van der Waals surface area contributed by atoms with Crippen molar-refractivity contribution in [1.82, 2.24) is 4.57 Å². The summed E-state index contributed by atoms with van der Waals surface area (Å²) in [5.41, 5.74) is -2.54. The summed E-state index contributed by atoms with van der Waals surface area (Å²) >= 11 is 0. The van der Waals surface area contributed by atoms with Crippen LogP contribution in [0.3, 0.4) is 0 Å². The number of fused-ring (bicyclic) bond motifs is 1. The number of aromatic carboxylic acids is 1. The zero-order valence-electron chi connectivity index (χ0n) is 10.2. The molecule has 1 aromatic carbocycles. The minimum atomic E-state index is -1.80. The third-order valence-electron chi connectivity index (χ3n) is 3.42. The second kappa shape index (κ2) is 4.31. The van der Waals surface area contributed by atoms with Gasteiger partial charge in [-0.1, -0.05) is 0 Å². The first kappa shape index (κ1) is 13.6. The SMILES string of the molecule is O=C(O)c1cn([C@H]2C[C@@H]2F)c2c(F)c(F)c(F)cc2c1=O. The topological polar surface area (TPSA) is 59.3 Å². The lowest BCUT2D eigenvalue weighted by molar-refractivity contribution is 0.0694. The molecule has 4 nitrogen and oxygen atoms in total. The predicted molar refractivity (Wildman–Crippen MR) is 63.6 cm³/mol. The van der Waals surface area contributed by atoms with E-state index in [4.69, 9.17) is 5.11 Å². The molecule has 2 atom stereocenters. The summed E-state index contributed by atoms with van der Waals surface area (Å²) in [5.74, 6) is -6.66. The molecule has 1 heterocycles. The third-order valence-corrected chi connectivity index (χ3v) is 3.42. The van der Waals surface area contributed by atoms with E-state index in [9.17, 15) is 27.2 Å². The molecule has 1 N–H and O–H groups in total. The quantitative estimate of drug-likeness (QED) is 0.684. The molecule has 3 rings (SSSR count). The Balaban J connectivity index is 2.49. The first-order valence-corrected chi connectivity index (χ1v) is 5.92. The van der Waals surface area contributed by atoms with Crippen molar-refractivity contribution in [2.75, 3.05) is 0 Å². The molecule has 2 aromatic rings. The van der Waals surface area contributed by atoms with Crippen LogP contribution in [0.25, 0.3) is 10.9 Å². The lowest BCUT2D eigenvalue weighted by Crippen LogP contribution is -2.20. The van der Waals surface area contributed by atoms with Gasteiger partial charge < -0.3 is 9.67 Å². The number of hydrogen-bond donors (Lipinski definition) is 1. The van der Waals surface area contributed by atoms with Crippen LogP contribution in [0.15, 0.2) is 17.1 Å². The highest BCUT2D eigenvalue weighted by molar-refractivity contribution is 5.92. The van der Waals surface area contributed by atoms with E-state index in [2.05, 4.69) is 0 Å². The van der Waals surface area contributed by atoms with E-state index in [1.54, 1.807) is 0 Å². The minimum absolute atomic E-state index is 0.0184. The van der Waals surface area contributed by atoms with Crippen molar-refractivity contribution >= 4 is 16.9 Å². The molecule has 110 valence electrons. The summed E-state index contributed by atoms with van der Waals surface area (Å²) in [6.07, 6.45) is -0.613. The van der Waals surface area contributed by atoms with Crippen LogP contribution >= 0.6 is 0 Å². The molecule has 21 heavy (non-hydrogen) atoms. The van der Waals surface area contributed by atoms with Crippen molar-refractivity contribution in [3.63, 3.8) is 0 Å². The van der Waals surface area contributed by atoms with E-state index in [0.29, 0.717) is 6.07 Å². The molecule has 0 saturated heterocycles. The van der Waals surface area contributed by atoms with Gasteiger partial charge in [-0.05, 0) is 6.07 Å². The van der Waals surface area contributed by atoms with Crippen LogP contribution in [0.2, 0.25) is 0 Å². The van der Waals surface area contributed by atoms with Crippen LogP contribution in [-0.2, 0) is 0 Å². The first-order valence-electron chi connectivity index (χ1n) is 5.92. The number of halogens is 4. The number of benzene rings is 1. The Morgan fingerprint density at radius 3 is 2.43 bits per heavy atom. The summed E-state index contributed by atoms with van der Waals surface area (Å²) in [6, 6.07) is -0.472. The Hall–Kier alpha value is -2.38. The van der Waals surface area contributed by atoms with Gasteiger partial charge in [0, 0.05) is 12.6 Å². The van der Waals surface area contributed by atoms with Crippen molar-refractivity contribution in [1.29, 1.82) is 0 Å². The number of nitrogens with zero attached hydrogens (tertiary/aromatic N) is 1. The zero-order valence-corrected chi connectivity index (χ0v) is 10.2. The number of carboxylic acids is 1. The number of carbonyl (C=O) groups is 1. The van der Waals surface area contributed by atoms with Gasteiger partial charge in [-0.3, -0.25) is 4.79 Å². The predicted octanol–water partition coefficient (Wildman–Crippen LogP) is 2.40. The Labute approximate surface area is 114 Å². The molecule has 1 fully saturated rings. The number of alkyl halides is 1. The molecular weight excluding hydrogens is 294 g/mol. The van der Waals surface area contributed by atoms with Gasteiger partial charge in [0.25, 0.3) is 0 Å². The number of carboxylic acid groups (broad SMARTS) is 1. The molecule has 0 unspecified atom stereocenters. The van der Waals surface area contributed by atoms with Crippen LogP contribution in [-0.4, -0.2) is 21.8 Å². The Morgan fingerprint density at radius 1 is 1.29 bits per heavy atom. The summed E-state index contributed by atoms with van der Waals surface area (Å²) < 4.78 is 54.6. The maximum absolute atomic E-state index is 13.9. The Morgan fingerprint density at radius 2 is 1.90 bits per heavy atom. The van der Waals surface area contributed by atoms with Crippen LogP contribution in [0.4, 0.5) is 17.6 Å². The standard InChI is InChI=1S/C13H7F4NO3/c14-6-2-8(6)18-3-5(13(20)21)12(19)4-1-7(15)9(16)10(17)11(4)18/h1,3,6,8H,2H2,(H,20,21)/t6-,8-/m0/s1. The molecule has 0 bridgehead atoms. The fourth-order valence-electron chi connectivity index (χ4n) is 2.27. The summed E-state index contributed by atoms with van der Waals surface area (Å²) in [4.78, 5) is 22.9. The fourth-order valence-corrected chi connectivity index (χ4v) is 2.27. The molecular formula is C13H7F4NO3. The van der Waals surface area contributed by atoms with Crippen molar-refractivity contribution in [3.8, 4) is 0 Å². The van der Waals surface area contributed by atoms with Gasteiger partial charge in [-0.25, -0.2) is 22.4 Å². The van der Waals surface area contributed by atoms with Gasteiger partial charge >= 0.3 is 5.97 Å². The van der Waals surface area contributed by atoms with E-state index in [-0.39, 0.29) is 6.42 Å². The van der Waals surface area contributed by atoms with E-state index in [1.807, 2.05) is 0 Å². The number of pyridine rings is 1. The Bertz CT molecular complexity index is 846. The van der Waals surface area contributed by atoms with Crippen LogP contribution in [0.1, 0.15) is 22.8 Å². The van der Waals surface area contributed by atoms with Crippen molar-refractivity contribution in [2.45, 2.75) is 18.6 Å².